The van der Waals surface area contributed by atoms with Gasteiger partial charge in [0, 0.05) is 41.9 Å². The minimum Gasteiger partial charge on any atom is -0.354 e. The molecule has 30 heavy (non-hydrogen) atoms. The van der Waals surface area contributed by atoms with E-state index in [2.05, 4.69) is 41.8 Å². The van der Waals surface area contributed by atoms with Crippen molar-refractivity contribution < 1.29 is 9.59 Å². The Kier molecular flexibility index (Phi) is 7.51. The molecule has 2 aromatic carbocycles. The summed E-state index contributed by atoms with van der Waals surface area (Å²) in [5.74, 6) is 0.308. The van der Waals surface area contributed by atoms with E-state index in [0.29, 0.717) is 24.6 Å². The molecule has 3 rings (SSSR count). The quantitative estimate of drug-likeness (QED) is 0.433. The van der Waals surface area contributed by atoms with E-state index in [1.807, 2.05) is 48.5 Å². The second-order valence-corrected chi connectivity index (χ2v) is 7.39. The maximum absolute atomic E-state index is 12.2. The first-order valence-corrected chi connectivity index (χ1v) is 10.3. The average Bonchev–Trinajstić information content (AvgIpc) is 2.74. The minimum absolute atomic E-state index is 0.108. The van der Waals surface area contributed by atoms with Crippen molar-refractivity contribution in [3.63, 3.8) is 0 Å². The second-order valence-electron chi connectivity index (χ2n) is 6.54. The zero-order valence-corrected chi connectivity index (χ0v) is 18.1. The third-order valence-corrected chi connectivity index (χ3v) is 4.89. The molecule has 7 nitrogen and oxygen atoms in total. The monoisotopic (exact) mass is 467 g/mol. The van der Waals surface area contributed by atoms with Gasteiger partial charge in [0.05, 0.1) is 11.3 Å². The molecular formula is C22H22BrN5O2. The van der Waals surface area contributed by atoms with Crippen LogP contribution in [-0.4, -0.2) is 34.9 Å². The van der Waals surface area contributed by atoms with Crippen LogP contribution < -0.4 is 16.0 Å². The van der Waals surface area contributed by atoms with Gasteiger partial charge in [-0.15, -0.1) is 0 Å². The summed E-state index contributed by atoms with van der Waals surface area (Å²) in [5.41, 5.74) is 3.06. The highest BCUT2D eigenvalue weighted by atomic mass is 79.9. The van der Waals surface area contributed by atoms with Crippen molar-refractivity contribution in [2.75, 3.05) is 23.7 Å². The maximum Gasteiger partial charge on any atom is 0.252 e. The Morgan fingerprint density at radius 1 is 1.00 bits per heavy atom. The van der Waals surface area contributed by atoms with E-state index >= 15 is 0 Å². The number of nitrogens with one attached hydrogen (secondary N) is 3. The molecule has 154 valence electrons. The number of carbonyl (C=O) groups is 2. The summed E-state index contributed by atoms with van der Waals surface area (Å²) in [6, 6.07) is 16.6. The number of hydrogen-bond acceptors (Lipinski definition) is 5. The van der Waals surface area contributed by atoms with Crippen molar-refractivity contribution in [3.05, 3.63) is 70.8 Å². The van der Waals surface area contributed by atoms with Crippen LogP contribution >= 0.6 is 15.9 Å². The summed E-state index contributed by atoms with van der Waals surface area (Å²) in [6.07, 6.45) is 2.43. The Morgan fingerprint density at radius 2 is 1.77 bits per heavy atom. The molecule has 1 aromatic heterocycles. The van der Waals surface area contributed by atoms with E-state index in [0.717, 1.165) is 27.8 Å². The molecule has 0 radical (unpaired) electrons. The molecule has 0 saturated carbocycles. The fourth-order valence-corrected chi connectivity index (χ4v) is 3.23. The number of nitrogens with zero attached hydrogens (tertiary/aromatic N) is 2. The highest BCUT2D eigenvalue weighted by molar-refractivity contribution is 9.10. The SMILES string of the molecule is CC(=O)Nc1ccc(-c2ccnc(NCCCNC(=O)c3ccccc3Br)n2)cc1. The Hall–Kier alpha value is -3.26. The lowest BCUT2D eigenvalue weighted by molar-refractivity contribution is -0.114. The fraction of sp³-hybridized carbons (Fsp3) is 0.182. The topological polar surface area (TPSA) is 96.0 Å². The second kappa shape index (κ2) is 10.5. The smallest absolute Gasteiger partial charge is 0.252 e. The van der Waals surface area contributed by atoms with E-state index in [1.54, 1.807) is 12.3 Å². The van der Waals surface area contributed by atoms with E-state index in [9.17, 15) is 9.59 Å². The van der Waals surface area contributed by atoms with Gasteiger partial charge in [-0.05, 0) is 52.7 Å². The molecule has 1 heterocycles. The van der Waals surface area contributed by atoms with Crippen LogP contribution in [0.4, 0.5) is 11.6 Å². The summed E-state index contributed by atoms with van der Waals surface area (Å²) in [7, 11) is 0. The lowest BCUT2D eigenvalue weighted by Gasteiger charge is -2.09. The molecule has 0 aliphatic heterocycles. The van der Waals surface area contributed by atoms with Gasteiger partial charge in [0.15, 0.2) is 0 Å². The third kappa shape index (κ3) is 6.12. The van der Waals surface area contributed by atoms with Crippen LogP contribution in [0.15, 0.2) is 65.3 Å². The Balaban J connectivity index is 1.48. The summed E-state index contributed by atoms with van der Waals surface area (Å²) in [4.78, 5) is 32.1. The van der Waals surface area contributed by atoms with Crippen LogP contribution in [0.25, 0.3) is 11.3 Å². The number of hydrogen-bond donors (Lipinski definition) is 3. The van der Waals surface area contributed by atoms with E-state index in [-0.39, 0.29) is 11.8 Å². The van der Waals surface area contributed by atoms with Gasteiger partial charge in [0.2, 0.25) is 11.9 Å². The van der Waals surface area contributed by atoms with Crippen molar-refractivity contribution in [1.82, 2.24) is 15.3 Å². The number of rotatable bonds is 8. The zero-order chi connectivity index (χ0) is 21.3. The summed E-state index contributed by atoms with van der Waals surface area (Å²) >= 11 is 3.38. The van der Waals surface area contributed by atoms with Crippen molar-refractivity contribution in [1.29, 1.82) is 0 Å². The lowest BCUT2D eigenvalue weighted by atomic mass is 10.1. The Morgan fingerprint density at radius 3 is 2.50 bits per heavy atom. The van der Waals surface area contributed by atoms with Gasteiger partial charge in [-0.2, -0.15) is 0 Å². The van der Waals surface area contributed by atoms with Crippen molar-refractivity contribution >= 4 is 39.4 Å². The molecule has 8 heteroatoms. The molecule has 0 bridgehead atoms. The van der Waals surface area contributed by atoms with Crippen molar-refractivity contribution in [3.8, 4) is 11.3 Å². The van der Waals surface area contributed by atoms with Crippen LogP contribution in [0.5, 0.6) is 0 Å². The number of amides is 2. The molecule has 3 N–H and O–H groups in total. The highest BCUT2D eigenvalue weighted by Gasteiger charge is 2.08. The van der Waals surface area contributed by atoms with Crippen LogP contribution in [-0.2, 0) is 4.79 Å². The molecule has 3 aromatic rings. The maximum atomic E-state index is 12.2. The Labute approximate surface area is 183 Å². The van der Waals surface area contributed by atoms with Gasteiger partial charge in [-0.1, -0.05) is 24.3 Å². The third-order valence-electron chi connectivity index (χ3n) is 4.20. The van der Waals surface area contributed by atoms with Crippen LogP contribution in [0, 0.1) is 0 Å². The predicted octanol–water partition coefficient (Wildman–Crippen LogP) is 4.10. The highest BCUT2D eigenvalue weighted by Crippen LogP contribution is 2.20. The van der Waals surface area contributed by atoms with Gasteiger partial charge in [0.25, 0.3) is 5.91 Å². The summed E-state index contributed by atoms with van der Waals surface area (Å²) < 4.78 is 0.774. The molecular weight excluding hydrogens is 446 g/mol. The average molecular weight is 468 g/mol. The predicted molar refractivity (Wildman–Crippen MR) is 121 cm³/mol. The first-order valence-electron chi connectivity index (χ1n) is 9.50. The number of benzene rings is 2. The van der Waals surface area contributed by atoms with Gasteiger partial charge >= 0.3 is 0 Å². The van der Waals surface area contributed by atoms with E-state index < -0.39 is 0 Å². The van der Waals surface area contributed by atoms with E-state index in [4.69, 9.17) is 0 Å². The standard InChI is InChI=1S/C22H22BrN5O2/c1-15(29)27-17-9-7-16(8-10-17)20-11-14-26-22(28-20)25-13-4-12-24-21(30)18-5-2-3-6-19(18)23/h2-3,5-11,14H,4,12-13H2,1H3,(H,24,30)(H,27,29)(H,25,26,28). The lowest BCUT2D eigenvalue weighted by Crippen LogP contribution is -2.26. The molecule has 0 fully saturated rings. The first kappa shape index (κ1) is 21.4. The largest absolute Gasteiger partial charge is 0.354 e. The molecule has 0 unspecified atom stereocenters. The molecule has 0 spiro atoms. The molecule has 0 aliphatic carbocycles. The molecule has 2 amide bonds. The van der Waals surface area contributed by atoms with Gasteiger partial charge in [0.1, 0.15) is 0 Å². The van der Waals surface area contributed by atoms with Gasteiger partial charge < -0.3 is 16.0 Å². The fourth-order valence-electron chi connectivity index (χ4n) is 2.76. The van der Waals surface area contributed by atoms with Crippen LogP contribution in [0.2, 0.25) is 0 Å². The number of halogens is 1. The van der Waals surface area contributed by atoms with E-state index in [1.165, 1.54) is 6.92 Å². The molecule has 0 saturated heterocycles. The summed E-state index contributed by atoms with van der Waals surface area (Å²) in [6.45, 7) is 2.64. The summed E-state index contributed by atoms with van der Waals surface area (Å²) in [5, 5.41) is 8.82. The minimum atomic E-state index is -0.108. The number of anilines is 2. The van der Waals surface area contributed by atoms with Crippen molar-refractivity contribution in [2.24, 2.45) is 0 Å². The first-order chi connectivity index (χ1) is 14.5. The zero-order valence-electron chi connectivity index (χ0n) is 16.5. The van der Waals surface area contributed by atoms with Gasteiger partial charge in [-0.3, -0.25) is 9.59 Å². The number of carbonyl (C=O) groups excluding carboxylic acids is 2. The van der Waals surface area contributed by atoms with Gasteiger partial charge in [-0.25, -0.2) is 9.97 Å². The normalized spacial score (nSPS) is 10.3. The van der Waals surface area contributed by atoms with Crippen molar-refractivity contribution in [2.45, 2.75) is 13.3 Å². The number of aromatic nitrogens is 2. The molecule has 0 atom stereocenters. The van der Waals surface area contributed by atoms with Crippen LogP contribution in [0.1, 0.15) is 23.7 Å². The Bertz CT molecular complexity index is 1020. The van der Waals surface area contributed by atoms with Crippen LogP contribution in [0.3, 0.4) is 0 Å². The molecule has 0 aliphatic rings.